The lowest BCUT2D eigenvalue weighted by molar-refractivity contribution is -0.121. The molecule has 3 heteroatoms. The number of Topliss-reactive ketones (excluding diaryl/α,β-unsaturated/α-hetero) is 1. The number of hydrogen-bond acceptors (Lipinski definition) is 3. The molecule has 0 saturated carbocycles. The van der Waals surface area contributed by atoms with Crippen LogP contribution in [0.3, 0.4) is 0 Å². The Labute approximate surface area is 73.4 Å². The van der Waals surface area contributed by atoms with Gasteiger partial charge in [0.15, 0.2) is 5.78 Å². The lowest BCUT2D eigenvalue weighted by atomic mass is 10.2. The Morgan fingerprint density at radius 2 is 2.50 bits per heavy atom. The maximum atomic E-state index is 11.1. The quantitative estimate of drug-likeness (QED) is 0.597. The number of rotatable bonds is 3. The molecule has 0 unspecified atom stereocenters. The second-order valence-electron chi connectivity index (χ2n) is 3.14. The molecule has 68 valence electrons. The molecule has 1 saturated heterocycles. The minimum atomic E-state index is 0.0489. The van der Waals surface area contributed by atoms with Crippen LogP contribution in [0.1, 0.15) is 33.1 Å². The van der Waals surface area contributed by atoms with Crippen LogP contribution in [0.15, 0.2) is 5.10 Å². The predicted molar refractivity (Wildman–Crippen MR) is 49.2 cm³/mol. The Morgan fingerprint density at radius 1 is 1.75 bits per heavy atom. The van der Waals surface area contributed by atoms with E-state index in [0.717, 1.165) is 25.8 Å². The number of hydrazone groups is 1. The summed E-state index contributed by atoms with van der Waals surface area (Å²) in [4.78, 5) is 11.1. The largest absolute Gasteiger partial charge is 0.298 e. The summed E-state index contributed by atoms with van der Waals surface area (Å²) in [6.45, 7) is 4.62. The summed E-state index contributed by atoms with van der Waals surface area (Å²) in [5.74, 6) is 0.237. The lowest BCUT2D eigenvalue weighted by Gasteiger charge is -2.18. The molecule has 1 rings (SSSR count). The third-order valence-electron chi connectivity index (χ3n) is 2.11. The van der Waals surface area contributed by atoms with E-state index in [1.807, 2.05) is 18.1 Å². The van der Waals surface area contributed by atoms with Crippen LogP contribution in [0, 0.1) is 0 Å². The molecule has 1 heterocycles. The predicted octanol–water partition coefficient (Wildman–Crippen LogP) is 1.44. The fraction of sp³-hybridized carbons (Fsp3) is 0.778. The maximum Gasteiger partial charge on any atom is 0.153 e. The molecule has 1 atom stereocenters. The lowest BCUT2D eigenvalue weighted by Crippen LogP contribution is -2.30. The first-order chi connectivity index (χ1) is 5.75. The molecule has 0 amide bonds. The summed E-state index contributed by atoms with van der Waals surface area (Å²) < 4.78 is 0. The second kappa shape index (κ2) is 4.24. The topological polar surface area (TPSA) is 32.7 Å². The van der Waals surface area contributed by atoms with Crippen molar-refractivity contribution in [3.8, 4) is 0 Å². The van der Waals surface area contributed by atoms with E-state index in [1.165, 1.54) is 0 Å². The summed E-state index contributed by atoms with van der Waals surface area (Å²) in [6.07, 6.45) is 4.85. The highest BCUT2D eigenvalue weighted by Gasteiger charge is 2.26. The summed E-state index contributed by atoms with van der Waals surface area (Å²) in [6, 6.07) is 0.0489. The van der Waals surface area contributed by atoms with Gasteiger partial charge in [0.25, 0.3) is 0 Å². The first-order valence-electron chi connectivity index (χ1n) is 4.55. The average Bonchev–Trinajstić information content (AvgIpc) is 2.48. The van der Waals surface area contributed by atoms with Crippen molar-refractivity contribution in [3.05, 3.63) is 0 Å². The van der Waals surface area contributed by atoms with Gasteiger partial charge in [-0.1, -0.05) is 6.92 Å². The van der Waals surface area contributed by atoms with Crippen molar-refractivity contribution < 1.29 is 4.79 Å². The van der Waals surface area contributed by atoms with Crippen LogP contribution in [-0.4, -0.2) is 29.6 Å². The van der Waals surface area contributed by atoms with E-state index >= 15 is 0 Å². The molecule has 0 aliphatic carbocycles. The molecule has 12 heavy (non-hydrogen) atoms. The standard InChI is InChI=1S/C9H16N2O/c1-3-6-10-11-7-4-5-9(11)8(2)12/h6,9H,3-5,7H2,1-2H3/b10-6+/t9-/m0/s1. The Hall–Kier alpha value is -0.860. The van der Waals surface area contributed by atoms with Crippen LogP contribution in [0.25, 0.3) is 0 Å². The van der Waals surface area contributed by atoms with Crippen molar-refractivity contribution in [1.29, 1.82) is 0 Å². The maximum absolute atomic E-state index is 11.1. The third kappa shape index (κ3) is 2.06. The van der Waals surface area contributed by atoms with Crippen molar-refractivity contribution in [2.45, 2.75) is 39.2 Å². The number of nitrogens with zero attached hydrogens (tertiary/aromatic N) is 2. The van der Waals surface area contributed by atoms with E-state index in [0.29, 0.717) is 0 Å². The van der Waals surface area contributed by atoms with E-state index in [-0.39, 0.29) is 11.8 Å². The number of ketones is 1. The second-order valence-corrected chi connectivity index (χ2v) is 3.14. The summed E-state index contributed by atoms with van der Waals surface area (Å²) in [5, 5.41) is 6.14. The zero-order chi connectivity index (χ0) is 8.97. The Balaban J connectivity index is 2.52. The van der Waals surface area contributed by atoms with Crippen LogP contribution in [0.4, 0.5) is 0 Å². The van der Waals surface area contributed by atoms with Gasteiger partial charge in [0, 0.05) is 12.8 Å². The van der Waals surface area contributed by atoms with Crippen LogP contribution in [-0.2, 0) is 4.79 Å². The van der Waals surface area contributed by atoms with Crippen LogP contribution >= 0.6 is 0 Å². The zero-order valence-electron chi connectivity index (χ0n) is 7.79. The van der Waals surface area contributed by atoms with Gasteiger partial charge in [-0.25, -0.2) is 0 Å². The zero-order valence-corrected chi connectivity index (χ0v) is 7.79. The molecule has 0 bridgehead atoms. The van der Waals surface area contributed by atoms with Gasteiger partial charge in [-0.15, -0.1) is 0 Å². The van der Waals surface area contributed by atoms with Crippen LogP contribution in [0.5, 0.6) is 0 Å². The molecule has 1 aliphatic rings. The van der Waals surface area contributed by atoms with Crippen LogP contribution in [0.2, 0.25) is 0 Å². The van der Waals surface area contributed by atoms with E-state index in [9.17, 15) is 4.79 Å². The Morgan fingerprint density at radius 3 is 3.08 bits per heavy atom. The van der Waals surface area contributed by atoms with E-state index in [4.69, 9.17) is 0 Å². The highest BCUT2D eigenvalue weighted by atomic mass is 16.1. The molecule has 0 N–H and O–H groups in total. The van der Waals surface area contributed by atoms with Crippen molar-refractivity contribution in [1.82, 2.24) is 5.01 Å². The van der Waals surface area contributed by atoms with Crippen molar-refractivity contribution in [3.63, 3.8) is 0 Å². The van der Waals surface area contributed by atoms with Crippen LogP contribution < -0.4 is 0 Å². The van der Waals surface area contributed by atoms with Gasteiger partial charge in [-0.05, 0) is 26.2 Å². The number of hydrogen-bond donors (Lipinski definition) is 0. The fourth-order valence-electron chi connectivity index (χ4n) is 1.49. The molecule has 0 aromatic heterocycles. The first kappa shape index (κ1) is 9.23. The molecule has 1 fully saturated rings. The summed E-state index contributed by atoms with van der Waals surface area (Å²) in [5.41, 5.74) is 0. The van der Waals surface area contributed by atoms with Crippen molar-refractivity contribution in [2.75, 3.05) is 6.54 Å². The molecule has 1 aliphatic heterocycles. The van der Waals surface area contributed by atoms with E-state index in [2.05, 4.69) is 5.10 Å². The average molecular weight is 168 g/mol. The minimum absolute atomic E-state index is 0.0489. The smallest absolute Gasteiger partial charge is 0.153 e. The normalized spacial score (nSPS) is 23.8. The highest BCUT2D eigenvalue weighted by Crippen LogP contribution is 2.17. The monoisotopic (exact) mass is 168 g/mol. The molecule has 3 nitrogen and oxygen atoms in total. The minimum Gasteiger partial charge on any atom is -0.298 e. The fourth-order valence-corrected chi connectivity index (χ4v) is 1.49. The van der Waals surface area contributed by atoms with Gasteiger partial charge >= 0.3 is 0 Å². The van der Waals surface area contributed by atoms with Gasteiger partial charge in [-0.3, -0.25) is 9.80 Å². The van der Waals surface area contributed by atoms with Gasteiger partial charge in [-0.2, -0.15) is 5.10 Å². The molecule has 0 radical (unpaired) electrons. The molecule has 0 aromatic rings. The molecular weight excluding hydrogens is 152 g/mol. The van der Waals surface area contributed by atoms with Gasteiger partial charge in [0.05, 0.1) is 0 Å². The van der Waals surface area contributed by atoms with Gasteiger partial charge < -0.3 is 0 Å². The molecule has 0 spiro atoms. The van der Waals surface area contributed by atoms with Crippen molar-refractivity contribution >= 4 is 12.0 Å². The SMILES string of the molecule is CC/C=N/N1CCC[C@H]1C(C)=O. The number of carbonyl (C=O) groups excluding carboxylic acids is 1. The summed E-state index contributed by atoms with van der Waals surface area (Å²) in [7, 11) is 0. The van der Waals surface area contributed by atoms with Crippen molar-refractivity contribution in [2.24, 2.45) is 5.10 Å². The highest BCUT2D eigenvalue weighted by molar-refractivity contribution is 5.81. The summed E-state index contributed by atoms with van der Waals surface area (Å²) >= 11 is 0. The van der Waals surface area contributed by atoms with E-state index < -0.39 is 0 Å². The Bertz CT molecular complexity index is 189. The third-order valence-corrected chi connectivity index (χ3v) is 2.11. The van der Waals surface area contributed by atoms with E-state index in [1.54, 1.807) is 6.92 Å². The van der Waals surface area contributed by atoms with Gasteiger partial charge in [0.2, 0.25) is 0 Å². The molecule has 0 aromatic carbocycles. The first-order valence-corrected chi connectivity index (χ1v) is 4.55. The molecular formula is C9H16N2O. The Kier molecular flexibility index (Phi) is 3.26. The number of carbonyl (C=O) groups is 1. The van der Waals surface area contributed by atoms with Gasteiger partial charge in [0.1, 0.15) is 6.04 Å².